The molecule has 0 radical (unpaired) electrons. The zero-order valence-electron chi connectivity index (χ0n) is 14.6. The van der Waals surface area contributed by atoms with Crippen LogP contribution in [0.2, 0.25) is 0 Å². The molecule has 0 saturated heterocycles. The minimum Gasteiger partial charge on any atom is -0.325 e. The second-order valence-corrected chi connectivity index (χ2v) is 7.01. The summed E-state index contributed by atoms with van der Waals surface area (Å²) in [4.78, 5) is 16.5. The minimum atomic E-state index is -0.804. The summed E-state index contributed by atoms with van der Waals surface area (Å²) >= 11 is 1.26. The van der Waals surface area contributed by atoms with Crippen molar-refractivity contribution in [3.8, 4) is 0 Å². The molecule has 2 aromatic carbocycles. The fraction of sp³-hybridized carbons (Fsp3) is 0.105. The number of nitrogens with one attached hydrogen (secondary N) is 2. The van der Waals surface area contributed by atoms with E-state index in [2.05, 4.69) is 10.3 Å². The van der Waals surface area contributed by atoms with Gasteiger partial charge in [0.05, 0.1) is 0 Å². The SMILES string of the molecule is CC(=O)c1ccc(NC(=Nc2ccc(F)cc2F)n2sc(C)cc2=N)cc1. The second kappa shape index (κ2) is 7.63. The fourth-order valence-corrected chi connectivity index (χ4v) is 3.13. The third-order valence-electron chi connectivity index (χ3n) is 3.67. The molecule has 5 nitrogen and oxygen atoms in total. The lowest BCUT2D eigenvalue weighted by Gasteiger charge is -2.11. The van der Waals surface area contributed by atoms with Crippen molar-refractivity contribution in [2.24, 2.45) is 4.99 Å². The highest BCUT2D eigenvalue weighted by Gasteiger charge is 2.11. The Kier molecular flexibility index (Phi) is 5.27. The Morgan fingerprint density at radius 2 is 1.85 bits per heavy atom. The average Bonchev–Trinajstić information content (AvgIpc) is 2.95. The summed E-state index contributed by atoms with van der Waals surface area (Å²) in [6.45, 7) is 3.32. The van der Waals surface area contributed by atoms with Crippen LogP contribution in [0.5, 0.6) is 0 Å². The van der Waals surface area contributed by atoms with Gasteiger partial charge in [-0.3, -0.25) is 10.2 Å². The largest absolute Gasteiger partial charge is 0.325 e. The van der Waals surface area contributed by atoms with E-state index < -0.39 is 11.6 Å². The number of hydrogen-bond acceptors (Lipinski definition) is 4. The molecule has 0 bridgehead atoms. The van der Waals surface area contributed by atoms with Gasteiger partial charge in [-0.2, -0.15) is 0 Å². The van der Waals surface area contributed by atoms with E-state index in [0.29, 0.717) is 11.3 Å². The number of carbonyl (C=O) groups is 1. The molecule has 0 aliphatic heterocycles. The molecule has 0 aliphatic carbocycles. The number of nitrogens with zero attached hydrogens (tertiary/aromatic N) is 2. The average molecular weight is 386 g/mol. The lowest BCUT2D eigenvalue weighted by Crippen LogP contribution is -2.28. The highest BCUT2D eigenvalue weighted by molar-refractivity contribution is 7.07. The highest BCUT2D eigenvalue weighted by Crippen LogP contribution is 2.20. The number of aliphatic imine (C=N–C) groups is 1. The zero-order valence-corrected chi connectivity index (χ0v) is 15.4. The standard InChI is InChI=1S/C19H16F2N4OS/c1-11-9-18(22)25(27-11)19(24-17-8-5-14(20)10-16(17)21)23-15-6-3-13(4-7-15)12(2)26/h3-10,22H,1-2H3,(H,23,24). The first-order valence-corrected chi connectivity index (χ1v) is 8.77. The number of aromatic nitrogens is 1. The fourth-order valence-electron chi connectivity index (χ4n) is 2.36. The van der Waals surface area contributed by atoms with Gasteiger partial charge >= 0.3 is 0 Å². The van der Waals surface area contributed by atoms with Gasteiger partial charge in [-0.25, -0.2) is 17.7 Å². The summed E-state index contributed by atoms with van der Waals surface area (Å²) in [5, 5.41) is 11.1. The molecule has 8 heteroatoms. The Hall–Kier alpha value is -3.13. The topological polar surface area (TPSA) is 70.2 Å². The summed E-state index contributed by atoms with van der Waals surface area (Å²) < 4.78 is 28.7. The van der Waals surface area contributed by atoms with Crippen LogP contribution in [-0.2, 0) is 0 Å². The number of rotatable bonds is 3. The molecule has 1 heterocycles. The molecule has 3 rings (SSSR count). The number of Topliss-reactive ketones (excluding diaryl/α,β-unsaturated/α-hetero) is 1. The van der Waals surface area contributed by atoms with Gasteiger partial charge in [-0.15, -0.1) is 0 Å². The smallest absolute Gasteiger partial charge is 0.223 e. The van der Waals surface area contributed by atoms with E-state index >= 15 is 0 Å². The van der Waals surface area contributed by atoms with Crippen LogP contribution < -0.4 is 10.8 Å². The van der Waals surface area contributed by atoms with Gasteiger partial charge < -0.3 is 5.32 Å². The van der Waals surface area contributed by atoms with Crippen LogP contribution >= 0.6 is 11.5 Å². The lowest BCUT2D eigenvalue weighted by atomic mass is 10.1. The van der Waals surface area contributed by atoms with Gasteiger partial charge in [0.15, 0.2) is 11.6 Å². The first-order valence-electron chi connectivity index (χ1n) is 8.00. The summed E-state index contributed by atoms with van der Waals surface area (Å²) in [6.07, 6.45) is 0. The van der Waals surface area contributed by atoms with E-state index in [0.717, 1.165) is 17.0 Å². The Bertz CT molecular complexity index is 1080. The third kappa shape index (κ3) is 4.35. The summed E-state index contributed by atoms with van der Waals surface area (Å²) in [5.74, 6) is -1.36. The maximum absolute atomic E-state index is 14.0. The minimum absolute atomic E-state index is 0.0551. The number of carbonyl (C=O) groups excluding carboxylic acids is 1. The number of aryl methyl sites for hydroxylation is 1. The van der Waals surface area contributed by atoms with Crippen LogP contribution in [0.25, 0.3) is 0 Å². The van der Waals surface area contributed by atoms with Crippen molar-refractivity contribution in [3.63, 3.8) is 0 Å². The normalized spacial score (nSPS) is 11.5. The van der Waals surface area contributed by atoms with Gasteiger partial charge in [0.2, 0.25) is 5.96 Å². The van der Waals surface area contributed by atoms with E-state index in [1.807, 2.05) is 6.92 Å². The van der Waals surface area contributed by atoms with Gasteiger partial charge in [-0.1, -0.05) is 11.5 Å². The number of halogens is 2. The van der Waals surface area contributed by atoms with Gasteiger partial charge in [0, 0.05) is 22.2 Å². The maximum atomic E-state index is 14.0. The predicted octanol–water partition coefficient (Wildman–Crippen LogP) is 4.47. The monoisotopic (exact) mass is 386 g/mol. The Morgan fingerprint density at radius 1 is 1.15 bits per heavy atom. The summed E-state index contributed by atoms with van der Waals surface area (Å²) in [6, 6.07) is 11.5. The summed E-state index contributed by atoms with van der Waals surface area (Å²) in [7, 11) is 0. The molecule has 0 saturated carbocycles. The maximum Gasteiger partial charge on any atom is 0.223 e. The van der Waals surface area contributed by atoms with E-state index in [-0.39, 0.29) is 22.9 Å². The molecule has 0 spiro atoms. The predicted molar refractivity (Wildman–Crippen MR) is 102 cm³/mol. The van der Waals surface area contributed by atoms with E-state index in [1.54, 1.807) is 30.3 Å². The number of ketones is 1. The molecule has 0 fully saturated rings. The van der Waals surface area contributed by atoms with Crippen molar-refractivity contribution in [2.75, 3.05) is 5.32 Å². The molecular weight excluding hydrogens is 370 g/mol. The molecule has 0 aliphatic rings. The molecule has 0 amide bonds. The number of hydrogen-bond donors (Lipinski definition) is 2. The Labute approximate surface area is 158 Å². The van der Waals surface area contributed by atoms with Crippen LogP contribution in [-0.4, -0.2) is 15.7 Å². The van der Waals surface area contributed by atoms with Crippen LogP contribution in [0, 0.1) is 24.0 Å². The van der Waals surface area contributed by atoms with Crippen molar-refractivity contribution < 1.29 is 13.6 Å². The number of anilines is 1. The lowest BCUT2D eigenvalue weighted by molar-refractivity contribution is 0.101. The summed E-state index contributed by atoms with van der Waals surface area (Å²) in [5.41, 5.74) is 1.28. The first kappa shape index (κ1) is 18.7. The Balaban J connectivity index is 2.04. The van der Waals surface area contributed by atoms with Crippen LogP contribution in [0.4, 0.5) is 20.2 Å². The van der Waals surface area contributed by atoms with E-state index in [9.17, 15) is 13.6 Å². The highest BCUT2D eigenvalue weighted by atomic mass is 32.1. The van der Waals surface area contributed by atoms with Crippen molar-refractivity contribution in [3.05, 3.63) is 76.1 Å². The van der Waals surface area contributed by atoms with Gasteiger partial charge in [0.1, 0.15) is 17.0 Å². The Morgan fingerprint density at radius 3 is 2.41 bits per heavy atom. The van der Waals surface area contributed by atoms with Crippen LogP contribution in [0.1, 0.15) is 22.2 Å². The molecule has 138 valence electrons. The molecule has 0 atom stereocenters. The molecule has 2 N–H and O–H groups in total. The van der Waals surface area contributed by atoms with Crippen molar-refractivity contribution >= 4 is 34.7 Å². The van der Waals surface area contributed by atoms with Gasteiger partial charge in [0.25, 0.3) is 0 Å². The van der Waals surface area contributed by atoms with Crippen molar-refractivity contribution in [1.29, 1.82) is 5.41 Å². The number of benzene rings is 2. The molecular formula is C19H16F2N4OS. The molecule has 3 aromatic rings. The molecule has 1 aromatic heterocycles. The first-order chi connectivity index (χ1) is 12.8. The van der Waals surface area contributed by atoms with E-state index in [4.69, 9.17) is 5.41 Å². The van der Waals surface area contributed by atoms with E-state index in [1.165, 1.54) is 28.5 Å². The zero-order chi connectivity index (χ0) is 19.6. The van der Waals surface area contributed by atoms with Crippen molar-refractivity contribution in [2.45, 2.75) is 13.8 Å². The van der Waals surface area contributed by atoms with Gasteiger partial charge in [-0.05, 0) is 56.3 Å². The molecule has 0 unspecified atom stereocenters. The van der Waals surface area contributed by atoms with Crippen LogP contribution in [0.3, 0.4) is 0 Å². The third-order valence-corrected chi connectivity index (χ3v) is 4.63. The van der Waals surface area contributed by atoms with Crippen LogP contribution in [0.15, 0.2) is 53.5 Å². The second-order valence-electron chi connectivity index (χ2n) is 5.82. The quantitative estimate of drug-likeness (QED) is 0.396. The van der Waals surface area contributed by atoms with Crippen molar-refractivity contribution in [1.82, 2.24) is 3.96 Å². The molecule has 27 heavy (non-hydrogen) atoms.